The van der Waals surface area contributed by atoms with E-state index in [0.717, 1.165) is 37.9 Å². The average molecular weight is 315 g/mol. The molecule has 1 saturated carbocycles. The second-order valence-electron chi connectivity index (χ2n) is 7.32. The number of hydrogen-bond donors (Lipinski definition) is 1. The van der Waals surface area contributed by atoms with Crippen molar-refractivity contribution in [3.63, 3.8) is 0 Å². The number of carbonyl (C=O) groups excluding carboxylic acids is 1. The van der Waals surface area contributed by atoms with Gasteiger partial charge in [0.15, 0.2) is 11.5 Å². The molecule has 2 aliphatic carbocycles. The largest absolute Gasteiger partial charge is 0.504 e. The molecule has 1 aromatic carbocycles. The molecule has 3 atom stereocenters. The Bertz CT molecular complexity index is 656. The Kier molecular flexibility index (Phi) is 3.41. The number of likely N-dealkylation sites (tertiary alicyclic amines) is 1. The van der Waals surface area contributed by atoms with Crippen LogP contribution in [-0.4, -0.2) is 42.0 Å². The van der Waals surface area contributed by atoms with Crippen LogP contribution in [0.15, 0.2) is 12.1 Å². The Balaban J connectivity index is 1.92. The number of hydrogen-bond acceptors (Lipinski definition) is 4. The number of likely N-dealkylation sites (N-methyl/N-ethyl adjacent to an activating group) is 1. The molecule has 4 nitrogen and oxygen atoms in total. The number of carbonyl (C=O) groups is 1. The van der Waals surface area contributed by atoms with Crippen molar-refractivity contribution in [3.05, 3.63) is 23.3 Å². The zero-order valence-electron chi connectivity index (χ0n) is 14.0. The molecule has 0 aromatic heterocycles. The fraction of sp³-hybridized carbons (Fsp3) is 0.632. The van der Waals surface area contributed by atoms with Gasteiger partial charge in [0.1, 0.15) is 5.78 Å². The second-order valence-corrected chi connectivity index (χ2v) is 7.32. The Morgan fingerprint density at radius 2 is 2.26 bits per heavy atom. The highest BCUT2D eigenvalue weighted by atomic mass is 16.5. The zero-order valence-corrected chi connectivity index (χ0v) is 14.0. The van der Waals surface area contributed by atoms with E-state index < -0.39 is 0 Å². The summed E-state index contributed by atoms with van der Waals surface area (Å²) in [4.78, 5) is 14.9. The van der Waals surface area contributed by atoms with Gasteiger partial charge in [-0.1, -0.05) is 13.0 Å². The third kappa shape index (κ3) is 1.97. The zero-order chi connectivity index (χ0) is 16.2. The Hall–Kier alpha value is -1.55. The van der Waals surface area contributed by atoms with Crippen LogP contribution in [0.5, 0.6) is 11.5 Å². The van der Waals surface area contributed by atoms with Crippen LogP contribution in [0.4, 0.5) is 0 Å². The molecule has 1 aliphatic heterocycles. The summed E-state index contributed by atoms with van der Waals surface area (Å²) in [7, 11) is 1.59. The van der Waals surface area contributed by atoms with Gasteiger partial charge in [0.25, 0.3) is 0 Å². The van der Waals surface area contributed by atoms with Gasteiger partial charge in [0.05, 0.1) is 7.11 Å². The van der Waals surface area contributed by atoms with E-state index in [9.17, 15) is 9.90 Å². The first kappa shape index (κ1) is 15.0. The fourth-order valence-electron chi connectivity index (χ4n) is 5.55. The molecule has 4 rings (SSSR count). The first-order valence-electron chi connectivity index (χ1n) is 8.75. The molecule has 2 fully saturated rings. The minimum absolute atomic E-state index is 0.183. The molecule has 0 amide bonds. The van der Waals surface area contributed by atoms with E-state index in [0.29, 0.717) is 36.3 Å². The molecule has 0 radical (unpaired) electrons. The van der Waals surface area contributed by atoms with Crippen molar-refractivity contribution in [2.45, 2.75) is 50.5 Å². The van der Waals surface area contributed by atoms with Crippen molar-refractivity contribution in [3.8, 4) is 11.5 Å². The molecular formula is C19H25NO3. The van der Waals surface area contributed by atoms with E-state index in [-0.39, 0.29) is 11.2 Å². The number of methoxy groups -OCH3 is 1. The number of fused-ring (bicyclic) bond motifs is 1. The highest BCUT2D eigenvalue weighted by molar-refractivity contribution is 5.82. The topological polar surface area (TPSA) is 49.8 Å². The van der Waals surface area contributed by atoms with Crippen LogP contribution in [0.3, 0.4) is 0 Å². The number of phenolic OH excluding ortho intramolecular Hbond substituents is 1. The van der Waals surface area contributed by atoms with Crippen molar-refractivity contribution in [2.75, 3.05) is 20.2 Å². The van der Waals surface area contributed by atoms with E-state index in [4.69, 9.17) is 4.74 Å². The molecule has 1 N–H and O–H groups in total. The predicted octanol–water partition coefficient (Wildman–Crippen LogP) is 2.66. The van der Waals surface area contributed by atoms with Crippen LogP contribution in [0, 0.1) is 5.92 Å². The van der Waals surface area contributed by atoms with Crippen LogP contribution in [0.1, 0.15) is 43.7 Å². The van der Waals surface area contributed by atoms with Gasteiger partial charge in [-0.2, -0.15) is 0 Å². The third-order valence-corrected chi connectivity index (χ3v) is 6.52. The summed E-state index contributed by atoms with van der Waals surface area (Å²) < 4.78 is 5.35. The summed E-state index contributed by atoms with van der Waals surface area (Å²) in [5.74, 6) is 1.62. The van der Waals surface area contributed by atoms with Gasteiger partial charge in [0.2, 0.25) is 0 Å². The minimum atomic E-state index is -0.183. The maximum absolute atomic E-state index is 12.3. The number of Topliss-reactive ketones (excluding diaryl/α,β-unsaturated/α-hetero) is 1. The minimum Gasteiger partial charge on any atom is -0.504 e. The molecule has 1 saturated heterocycles. The SMILES string of the molecule is CCN1CC[C@]23CC(=O)CC[C@H]2[C@@H]1Cc1ccc(OC)c(O)c13. The second kappa shape index (κ2) is 5.23. The highest BCUT2D eigenvalue weighted by Gasteiger charge is 2.56. The van der Waals surface area contributed by atoms with Crippen molar-refractivity contribution in [1.29, 1.82) is 0 Å². The van der Waals surface area contributed by atoms with Gasteiger partial charge < -0.3 is 9.84 Å². The van der Waals surface area contributed by atoms with E-state index in [1.807, 2.05) is 6.07 Å². The monoisotopic (exact) mass is 315 g/mol. The first-order chi connectivity index (χ1) is 11.1. The maximum Gasteiger partial charge on any atom is 0.161 e. The quantitative estimate of drug-likeness (QED) is 0.911. The Morgan fingerprint density at radius 3 is 3.00 bits per heavy atom. The number of ketones is 1. The van der Waals surface area contributed by atoms with E-state index in [1.165, 1.54) is 5.56 Å². The van der Waals surface area contributed by atoms with Gasteiger partial charge in [-0.25, -0.2) is 0 Å². The van der Waals surface area contributed by atoms with Crippen LogP contribution in [0.25, 0.3) is 0 Å². The molecule has 1 heterocycles. The fourth-order valence-corrected chi connectivity index (χ4v) is 5.55. The summed E-state index contributed by atoms with van der Waals surface area (Å²) in [6, 6.07) is 4.46. The van der Waals surface area contributed by atoms with Crippen LogP contribution < -0.4 is 4.74 Å². The lowest BCUT2D eigenvalue weighted by Gasteiger charge is -2.58. The standard InChI is InChI=1S/C19H25NO3/c1-3-20-9-8-19-11-13(21)5-6-14(19)15(20)10-12-4-7-16(23-2)18(22)17(12)19/h4,7,14-15,22H,3,5-6,8-11H2,1-2H3/t14-,15-,19-/m0/s1. The number of phenols is 1. The molecule has 23 heavy (non-hydrogen) atoms. The smallest absolute Gasteiger partial charge is 0.161 e. The first-order valence-corrected chi connectivity index (χ1v) is 8.75. The van der Waals surface area contributed by atoms with Gasteiger partial charge >= 0.3 is 0 Å². The van der Waals surface area contributed by atoms with Crippen molar-refractivity contribution < 1.29 is 14.6 Å². The predicted molar refractivity (Wildman–Crippen MR) is 88.0 cm³/mol. The van der Waals surface area contributed by atoms with Gasteiger partial charge in [-0.3, -0.25) is 9.69 Å². The van der Waals surface area contributed by atoms with Crippen LogP contribution in [0.2, 0.25) is 0 Å². The van der Waals surface area contributed by atoms with Crippen molar-refractivity contribution in [1.82, 2.24) is 4.90 Å². The third-order valence-electron chi connectivity index (χ3n) is 6.52. The Morgan fingerprint density at radius 1 is 1.43 bits per heavy atom. The molecule has 1 aromatic rings. The molecule has 124 valence electrons. The maximum atomic E-state index is 12.3. The number of rotatable bonds is 2. The van der Waals surface area contributed by atoms with E-state index >= 15 is 0 Å². The summed E-state index contributed by atoms with van der Waals surface area (Å²) in [5, 5.41) is 10.8. The lowest BCUT2D eigenvalue weighted by Crippen LogP contribution is -2.61. The summed E-state index contributed by atoms with van der Waals surface area (Å²) in [5.41, 5.74) is 2.04. The average Bonchev–Trinajstić information content (AvgIpc) is 2.54. The Labute approximate surface area is 137 Å². The number of aromatic hydroxyl groups is 1. The number of piperidine rings is 1. The summed E-state index contributed by atoms with van der Waals surface area (Å²) in [6.07, 6.45) is 4.17. The molecule has 3 aliphatic rings. The van der Waals surface area contributed by atoms with E-state index in [1.54, 1.807) is 7.11 Å². The molecular weight excluding hydrogens is 290 g/mol. The molecule has 0 unspecified atom stereocenters. The van der Waals surface area contributed by atoms with E-state index in [2.05, 4.69) is 17.9 Å². The van der Waals surface area contributed by atoms with Crippen molar-refractivity contribution >= 4 is 5.78 Å². The lowest BCUT2D eigenvalue weighted by molar-refractivity contribution is -0.127. The highest BCUT2D eigenvalue weighted by Crippen LogP contribution is 2.58. The number of benzene rings is 1. The van der Waals surface area contributed by atoms with Gasteiger partial charge in [-0.15, -0.1) is 0 Å². The molecule has 4 heteroatoms. The summed E-state index contributed by atoms with van der Waals surface area (Å²) >= 11 is 0. The van der Waals surface area contributed by atoms with Crippen LogP contribution in [-0.2, 0) is 16.6 Å². The number of nitrogens with zero attached hydrogens (tertiary/aromatic N) is 1. The van der Waals surface area contributed by atoms with Gasteiger partial charge in [0, 0.05) is 29.9 Å². The number of ether oxygens (including phenoxy) is 1. The van der Waals surface area contributed by atoms with Gasteiger partial charge in [-0.05, 0) is 49.9 Å². The lowest BCUT2D eigenvalue weighted by atomic mass is 9.52. The molecule has 0 spiro atoms. The van der Waals surface area contributed by atoms with Crippen molar-refractivity contribution in [2.24, 2.45) is 5.92 Å². The summed E-state index contributed by atoms with van der Waals surface area (Å²) in [6.45, 7) is 4.30. The normalized spacial score (nSPS) is 33.0. The van der Waals surface area contributed by atoms with Crippen LogP contribution >= 0.6 is 0 Å². The molecule has 2 bridgehead atoms.